The maximum absolute atomic E-state index is 8.20. The van der Waals surface area contributed by atoms with Gasteiger partial charge in [0.15, 0.2) is 0 Å². The minimum atomic E-state index is 0. The minimum absolute atomic E-state index is 0. The molecule has 0 aromatic carbocycles. The van der Waals surface area contributed by atoms with Gasteiger partial charge in [-0.25, -0.2) is 0 Å². The van der Waals surface area contributed by atoms with E-state index >= 15 is 0 Å². The molecular weight excluding hydrogens is 117 g/mol. The first-order valence-corrected chi connectivity index (χ1v) is 2.03. The molecule has 3 heteroatoms. The van der Waals surface area contributed by atoms with Gasteiger partial charge in [0, 0.05) is 6.54 Å². The van der Waals surface area contributed by atoms with E-state index in [4.69, 9.17) is 5.11 Å². The monoisotopic (exact) mass is 129 g/mol. The van der Waals surface area contributed by atoms with E-state index in [1.165, 1.54) is 0 Å². The Balaban J connectivity index is 0. The molecule has 7 heavy (non-hydrogen) atoms. The predicted octanol–water partition coefficient (Wildman–Crippen LogP) is -1.11. The molecule has 0 atom stereocenters. The number of nitrogens with zero attached hydrogens (tertiary/aromatic N) is 1. The third-order valence-electron chi connectivity index (χ3n) is 0.547. The average Bonchev–Trinajstić information content (AvgIpc) is 1.35. The Morgan fingerprint density at radius 2 is 1.86 bits per heavy atom. The third-order valence-corrected chi connectivity index (χ3v) is 0.547. The molecule has 0 saturated heterocycles. The Morgan fingerprint density at radius 3 is 1.86 bits per heavy atom. The first kappa shape index (κ1) is 11.4. The fraction of sp³-hybridized carbons (Fsp3) is 1.00. The van der Waals surface area contributed by atoms with Gasteiger partial charge in [-0.15, -0.1) is 0 Å². The fourth-order valence-electron chi connectivity index (χ4n) is 0.200. The topological polar surface area (TPSA) is 23.5 Å². The van der Waals surface area contributed by atoms with Gasteiger partial charge in [-0.05, 0) is 14.1 Å². The normalized spacial score (nSPS) is 8.57. The van der Waals surface area contributed by atoms with Crippen molar-refractivity contribution in [2.24, 2.45) is 0 Å². The van der Waals surface area contributed by atoms with Gasteiger partial charge in [0.2, 0.25) is 0 Å². The summed E-state index contributed by atoms with van der Waals surface area (Å²) in [6.45, 7) is 1.02. The quantitative estimate of drug-likeness (QED) is 0.478. The summed E-state index contributed by atoms with van der Waals surface area (Å²) in [5.74, 6) is 0. The summed E-state index contributed by atoms with van der Waals surface area (Å²) >= 11 is 0. The maximum atomic E-state index is 8.20. The van der Waals surface area contributed by atoms with E-state index in [0.717, 1.165) is 6.54 Å². The van der Waals surface area contributed by atoms with Crippen molar-refractivity contribution in [3.8, 4) is 0 Å². The summed E-state index contributed by atoms with van der Waals surface area (Å²) in [7, 11) is 3.85. The van der Waals surface area contributed by atoms with Crippen LogP contribution < -0.4 is 0 Å². The number of rotatable bonds is 2. The number of aliphatic hydroxyl groups is 1. The Kier molecular flexibility index (Phi) is 12.3. The summed E-state index contributed by atoms with van der Waals surface area (Å²) in [5, 5.41) is 8.20. The molecule has 2 nitrogen and oxygen atoms in total. The Bertz CT molecular complexity index is 32.9. The van der Waals surface area contributed by atoms with Crippen molar-refractivity contribution >= 4 is 51.4 Å². The number of hydrogen-bond acceptors (Lipinski definition) is 2. The van der Waals surface area contributed by atoms with Crippen LogP contribution in [0.25, 0.3) is 0 Å². The number of aliphatic hydroxyl groups excluding tert-OH is 1. The van der Waals surface area contributed by atoms with E-state index in [2.05, 4.69) is 0 Å². The summed E-state index contributed by atoms with van der Waals surface area (Å²) in [4.78, 5) is 1.93. The fourth-order valence-corrected chi connectivity index (χ4v) is 0.200. The van der Waals surface area contributed by atoms with Gasteiger partial charge in [0.1, 0.15) is 0 Å². The molecule has 0 amide bonds. The van der Waals surface area contributed by atoms with Gasteiger partial charge >= 0.3 is 51.4 Å². The van der Waals surface area contributed by atoms with Crippen LogP contribution in [0.2, 0.25) is 0 Å². The molecule has 0 aliphatic rings. The van der Waals surface area contributed by atoms with Gasteiger partial charge in [-0.2, -0.15) is 0 Å². The van der Waals surface area contributed by atoms with Crippen LogP contribution in [0, 0.1) is 0 Å². The molecule has 0 aromatic rings. The van der Waals surface area contributed by atoms with E-state index < -0.39 is 0 Å². The van der Waals surface area contributed by atoms with E-state index in [1.807, 2.05) is 19.0 Å². The molecule has 0 heterocycles. The molecule has 0 aliphatic carbocycles. The second-order valence-corrected chi connectivity index (χ2v) is 1.53. The predicted molar refractivity (Wildman–Crippen MR) is 32.8 cm³/mol. The molecule has 0 aromatic heterocycles. The van der Waals surface area contributed by atoms with Gasteiger partial charge in [-0.3, -0.25) is 0 Å². The standard InChI is InChI=1S/C4H11NO.K.H/c1-5(2)3-4-6;;/h6H,3-4H2,1-2H3;;. The molecule has 0 unspecified atom stereocenters. The molecule has 0 saturated carbocycles. The molecule has 1 N–H and O–H groups in total. The molecule has 0 radical (unpaired) electrons. The second-order valence-electron chi connectivity index (χ2n) is 1.53. The SMILES string of the molecule is CN(C)CCO.[KH]. The van der Waals surface area contributed by atoms with Crippen molar-refractivity contribution in [1.82, 2.24) is 4.90 Å². The van der Waals surface area contributed by atoms with E-state index in [1.54, 1.807) is 0 Å². The molecule has 0 spiro atoms. The van der Waals surface area contributed by atoms with Crippen LogP contribution in [0.15, 0.2) is 0 Å². The molecule has 40 valence electrons. The van der Waals surface area contributed by atoms with Crippen molar-refractivity contribution in [3.63, 3.8) is 0 Å². The molecular formula is C4H12KNO. The van der Waals surface area contributed by atoms with Gasteiger partial charge in [0.25, 0.3) is 0 Å². The van der Waals surface area contributed by atoms with Crippen molar-refractivity contribution in [1.29, 1.82) is 0 Å². The van der Waals surface area contributed by atoms with Crippen LogP contribution in [0.4, 0.5) is 0 Å². The number of likely N-dealkylation sites (N-methyl/N-ethyl adjacent to an activating group) is 1. The van der Waals surface area contributed by atoms with Crippen molar-refractivity contribution < 1.29 is 5.11 Å². The summed E-state index contributed by atoms with van der Waals surface area (Å²) < 4.78 is 0. The van der Waals surface area contributed by atoms with Crippen LogP contribution in [-0.4, -0.2) is 88.6 Å². The third kappa shape index (κ3) is 11.2. The zero-order chi connectivity index (χ0) is 4.99. The summed E-state index contributed by atoms with van der Waals surface area (Å²) in [6.07, 6.45) is 0. The van der Waals surface area contributed by atoms with Crippen LogP contribution in [0.1, 0.15) is 0 Å². The molecule has 0 fully saturated rings. The van der Waals surface area contributed by atoms with Gasteiger partial charge < -0.3 is 10.0 Å². The van der Waals surface area contributed by atoms with Crippen molar-refractivity contribution in [2.75, 3.05) is 27.2 Å². The Morgan fingerprint density at radius 1 is 1.43 bits per heavy atom. The van der Waals surface area contributed by atoms with E-state index in [-0.39, 0.29) is 58.0 Å². The Labute approximate surface area is 87.3 Å². The van der Waals surface area contributed by atoms with Crippen LogP contribution in [-0.2, 0) is 0 Å². The molecule has 0 aliphatic heterocycles. The van der Waals surface area contributed by atoms with Gasteiger partial charge in [0.05, 0.1) is 6.61 Å². The van der Waals surface area contributed by atoms with Gasteiger partial charge in [-0.1, -0.05) is 0 Å². The first-order valence-electron chi connectivity index (χ1n) is 2.03. The van der Waals surface area contributed by atoms with E-state index in [9.17, 15) is 0 Å². The molecule has 0 rings (SSSR count). The van der Waals surface area contributed by atoms with Crippen molar-refractivity contribution in [2.45, 2.75) is 0 Å². The summed E-state index contributed by atoms with van der Waals surface area (Å²) in [6, 6.07) is 0. The van der Waals surface area contributed by atoms with Crippen LogP contribution in [0.3, 0.4) is 0 Å². The van der Waals surface area contributed by atoms with E-state index in [0.29, 0.717) is 0 Å². The zero-order valence-electron chi connectivity index (χ0n) is 4.31. The first-order chi connectivity index (χ1) is 2.77. The average molecular weight is 129 g/mol. The Hall–Kier alpha value is 1.56. The summed E-state index contributed by atoms with van der Waals surface area (Å²) in [5.41, 5.74) is 0. The second kappa shape index (κ2) is 7.56. The van der Waals surface area contributed by atoms with Crippen molar-refractivity contribution in [3.05, 3.63) is 0 Å². The molecule has 0 bridgehead atoms. The number of hydrogen-bond donors (Lipinski definition) is 1. The van der Waals surface area contributed by atoms with Crippen LogP contribution in [0.5, 0.6) is 0 Å². The van der Waals surface area contributed by atoms with Crippen LogP contribution >= 0.6 is 0 Å². The zero-order valence-corrected chi connectivity index (χ0v) is 4.31.